The van der Waals surface area contributed by atoms with Gasteiger partial charge in [0.05, 0.1) is 16.3 Å². The van der Waals surface area contributed by atoms with E-state index in [-0.39, 0.29) is 12.5 Å². The van der Waals surface area contributed by atoms with Crippen LogP contribution >= 0.6 is 11.3 Å². The second-order valence-corrected chi connectivity index (χ2v) is 9.30. The van der Waals surface area contributed by atoms with Gasteiger partial charge < -0.3 is 15.6 Å². The minimum absolute atomic E-state index is 0.105. The third-order valence-corrected chi connectivity index (χ3v) is 6.94. The molecule has 4 aromatic rings. The van der Waals surface area contributed by atoms with E-state index in [9.17, 15) is 13.9 Å². The molecule has 0 amide bonds. The number of halogens is 2. The lowest BCUT2D eigenvalue weighted by Gasteiger charge is -2.30. The van der Waals surface area contributed by atoms with Gasteiger partial charge in [-0.15, -0.1) is 11.3 Å². The van der Waals surface area contributed by atoms with E-state index in [2.05, 4.69) is 4.98 Å². The molecule has 0 bridgehead atoms. The van der Waals surface area contributed by atoms with Gasteiger partial charge in [-0.3, -0.25) is 0 Å². The zero-order chi connectivity index (χ0) is 22.2. The van der Waals surface area contributed by atoms with Crippen LogP contribution in [0.25, 0.3) is 10.2 Å². The maximum Gasteiger partial charge on any atom is 0.161 e. The van der Waals surface area contributed by atoms with Crippen LogP contribution in [0.1, 0.15) is 34.2 Å². The van der Waals surface area contributed by atoms with Gasteiger partial charge in [0, 0.05) is 11.8 Å². The summed E-state index contributed by atoms with van der Waals surface area (Å²) in [7, 11) is 0. The molecular formula is C25H22F2N2O2S. The topological polar surface area (TPSA) is 68.4 Å². The molecule has 0 fully saturated rings. The molecule has 1 aliphatic carbocycles. The quantitative estimate of drug-likeness (QED) is 0.388. The first-order valence-corrected chi connectivity index (χ1v) is 11.3. The van der Waals surface area contributed by atoms with Crippen LogP contribution in [-0.2, 0) is 19.4 Å². The van der Waals surface area contributed by atoms with E-state index < -0.39 is 17.7 Å². The van der Waals surface area contributed by atoms with Gasteiger partial charge in [0.1, 0.15) is 17.4 Å². The molecule has 4 nitrogen and oxygen atoms in total. The van der Waals surface area contributed by atoms with Gasteiger partial charge in [0.25, 0.3) is 0 Å². The molecule has 2 unspecified atom stereocenters. The van der Waals surface area contributed by atoms with Gasteiger partial charge in [-0.2, -0.15) is 0 Å². The molecule has 0 radical (unpaired) electrons. The summed E-state index contributed by atoms with van der Waals surface area (Å²) in [5, 5.41) is 11.7. The maximum atomic E-state index is 13.4. The lowest BCUT2D eigenvalue weighted by molar-refractivity contribution is 0.0932. The number of aliphatic hydroxyl groups is 1. The molecule has 1 heterocycles. The third-order valence-electron chi connectivity index (χ3n) is 5.95. The van der Waals surface area contributed by atoms with Crippen molar-refractivity contribution in [1.29, 1.82) is 0 Å². The molecule has 1 aliphatic rings. The molecule has 5 rings (SSSR count). The Labute approximate surface area is 188 Å². The van der Waals surface area contributed by atoms with E-state index in [0.717, 1.165) is 53.8 Å². The summed E-state index contributed by atoms with van der Waals surface area (Å²) in [5.41, 5.74) is 10.2. The number of aromatic nitrogens is 1. The van der Waals surface area contributed by atoms with Crippen molar-refractivity contribution < 1.29 is 18.6 Å². The fourth-order valence-electron chi connectivity index (χ4n) is 4.33. The number of fused-ring (bicyclic) bond motifs is 2. The van der Waals surface area contributed by atoms with Crippen LogP contribution in [0.3, 0.4) is 0 Å². The molecule has 2 atom stereocenters. The summed E-state index contributed by atoms with van der Waals surface area (Å²) in [6.45, 7) is 0.185. The summed E-state index contributed by atoms with van der Waals surface area (Å²) in [6.07, 6.45) is 1.98. The summed E-state index contributed by atoms with van der Waals surface area (Å²) in [4.78, 5) is 4.33. The second-order valence-electron chi connectivity index (χ2n) is 8.18. The smallest absolute Gasteiger partial charge is 0.161 e. The summed E-state index contributed by atoms with van der Waals surface area (Å²) < 4.78 is 33.3. The van der Waals surface area contributed by atoms with Gasteiger partial charge in [-0.1, -0.05) is 18.2 Å². The van der Waals surface area contributed by atoms with Crippen molar-refractivity contribution in [3.8, 4) is 5.75 Å². The van der Waals surface area contributed by atoms with Gasteiger partial charge >= 0.3 is 0 Å². The number of nitrogens with two attached hydrogens (primary N) is 1. The Kier molecular flexibility index (Phi) is 5.53. The number of anilines is 1. The normalized spacial score (nSPS) is 18.0. The molecule has 164 valence electrons. The molecule has 7 heteroatoms. The van der Waals surface area contributed by atoms with Crippen LogP contribution in [0.2, 0.25) is 0 Å². The predicted octanol–water partition coefficient (Wildman–Crippen LogP) is 5.57. The van der Waals surface area contributed by atoms with E-state index in [1.807, 2.05) is 42.5 Å². The molecule has 0 spiro atoms. The SMILES string of the molecule is Nc1cccc(CC2CCc3ccc(OCc4nc5cc(F)c(F)cc5s4)cc3C2O)c1. The predicted molar refractivity (Wildman–Crippen MR) is 122 cm³/mol. The Hall–Kier alpha value is -3.03. The van der Waals surface area contributed by atoms with Crippen molar-refractivity contribution in [2.24, 2.45) is 5.92 Å². The minimum atomic E-state index is -0.910. The first-order valence-electron chi connectivity index (χ1n) is 10.5. The van der Waals surface area contributed by atoms with Crippen molar-refractivity contribution in [2.75, 3.05) is 5.73 Å². The lowest BCUT2D eigenvalue weighted by atomic mass is 9.78. The van der Waals surface area contributed by atoms with E-state index in [4.69, 9.17) is 10.5 Å². The highest BCUT2D eigenvalue weighted by molar-refractivity contribution is 7.18. The molecule has 3 N–H and O–H groups in total. The number of nitrogens with zero attached hydrogens (tertiary/aromatic N) is 1. The number of aliphatic hydroxyl groups excluding tert-OH is 1. The summed E-state index contributed by atoms with van der Waals surface area (Å²) in [5.74, 6) is -1.06. The second kappa shape index (κ2) is 8.48. The third kappa shape index (κ3) is 4.18. The van der Waals surface area contributed by atoms with Gasteiger partial charge in [0.15, 0.2) is 11.6 Å². The maximum absolute atomic E-state index is 13.4. The number of hydrogen-bond acceptors (Lipinski definition) is 5. The number of nitrogen functional groups attached to an aromatic ring is 1. The molecule has 0 saturated heterocycles. The van der Waals surface area contributed by atoms with Gasteiger partial charge in [0.2, 0.25) is 0 Å². The number of rotatable bonds is 5. The zero-order valence-corrected chi connectivity index (χ0v) is 18.0. The van der Waals surface area contributed by atoms with Crippen LogP contribution in [0.15, 0.2) is 54.6 Å². The van der Waals surface area contributed by atoms with Crippen LogP contribution in [0, 0.1) is 17.6 Å². The van der Waals surface area contributed by atoms with E-state index in [1.54, 1.807) is 0 Å². The van der Waals surface area contributed by atoms with E-state index in [0.29, 0.717) is 21.0 Å². The van der Waals surface area contributed by atoms with Gasteiger partial charge in [-0.05, 0) is 72.2 Å². The minimum Gasteiger partial charge on any atom is -0.486 e. The number of hydrogen-bond donors (Lipinski definition) is 2. The highest BCUT2D eigenvalue weighted by atomic mass is 32.1. The molecular weight excluding hydrogens is 430 g/mol. The van der Waals surface area contributed by atoms with E-state index >= 15 is 0 Å². The molecule has 0 saturated carbocycles. The van der Waals surface area contributed by atoms with Gasteiger partial charge in [-0.25, -0.2) is 13.8 Å². The highest BCUT2D eigenvalue weighted by Crippen LogP contribution is 2.38. The van der Waals surface area contributed by atoms with Crippen molar-refractivity contribution in [3.63, 3.8) is 0 Å². The number of ether oxygens (including phenoxy) is 1. The number of aryl methyl sites for hydroxylation is 1. The van der Waals surface area contributed by atoms with Crippen molar-refractivity contribution in [1.82, 2.24) is 4.98 Å². The molecule has 3 aromatic carbocycles. The first kappa shape index (κ1) is 20.8. The highest BCUT2D eigenvalue weighted by Gasteiger charge is 2.28. The summed E-state index contributed by atoms with van der Waals surface area (Å²) in [6, 6.07) is 15.8. The standard InChI is InChI=1S/C25H22F2N2O2S/c26-20-11-22-23(12-21(20)27)32-24(29-22)13-31-18-7-6-15-4-5-16(25(30)19(15)10-18)8-14-2-1-3-17(28)9-14/h1-3,6-7,9-12,16,25,30H,4-5,8,13,28H2. The van der Waals surface area contributed by atoms with Crippen molar-refractivity contribution in [2.45, 2.75) is 32.0 Å². The fraction of sp³-hybridized carbons (Fsp3) is 0.240. The van der Waals surface area contributed by atoms with Crippen LogP contribution in [-0.4, -0.2) is 10.1 Å². The first-order chi connectivity index (χ1) is 15.5. The van der Waals surface area contributed by atoms with Crippen LogP contribution in [0.4, 0.5) is 14.5 Å². The Bertz CT molecular complexity index is 1250. The van der Waals surface area contributed by atoms with Crippen LogP contribution in [0.5, 0.6) is 5.75 Å². The number of benzene rings is 3. The Balaban J connectivity index is 1.31. The Morgan fingerprint density at radius 3 is 2.78 bits per heavy atom. The average molecular weight is 453 g/mol. The van der Waals surface area contributed by atoms with Crippen LogP contribution < -0.4 is 10.5 Å². The van der Waals surface area contributed by atoms with E-state index in [1.165, 1.54) is 11.3 Å². The van der Waals surface area contributed by atoms with Crippen molar-refractivity contribution in [3.05, 3.63) is 87.9 Å². The molecule has 32 heavy (non-hydrogen) atoms. The monoisotopic (exact) mass is 452 g/mol. The Morgan fingerprint density at radius 2 is 1.94 bits per heavy atom. The Morgan fingerprint density at radius 1 is 1.09 bits per heavy atom. The fourth-order valence-corrected chi connectivity index (χ4v) is 5.22. The van der Waals surface area contributed by atoms with Crippen molar-refractivity contribution >= 4 is 27.2 Å². The largest absolute Gasteiger partial charge is 0.486 e. The number of thiazole rings is 1. The lowest BCUT2D eigenvalue weighted by Crippen LogP contribution is -2.22. The molecule has 1 aromatic heterocycles. The average Bonchev–Trinajstić information content (AvgIpc) is 3.16. The zero-order valence-electron chi connectivity index (χ0n) is 17.2. The summed E-state index contributed by atoms with van der Waals surface area (Å²) >= 11 is 1.27. The molecule has 0 aliphatic heterocycles.